The number of hydrogen-bond donors (Lipinski definition) is 2. The predicted molar refractivity (Wildman–Crippen MR) is 94.6 cm³/mol. The quantitative estimate of drug-likeness (QED) is 0.831. The first-order chi connectivity index (χ1) is 10.9. The molecule has 3 rings (SSSR count). The second-order valence-corrected chi connectivity index (χ2v) is 8.36. The van der Waals surface area contributed by atoms with Crippen molar-refractivity contribution in [1.29, 1.82) is 0 Å². The van der Waals surface area contributed by atoms with Crippen LogP contribution in [0.5, 0.6) is 0 Å². The molecule has 2 fully saturated rings. The van der Waals surface area contributed by atoms with Gasteiger partial charge in [-0.3, -0.25) is 4.79 Å². The normalized spacial score (nSPS) is 24.9. The van der Waals surface area contributed by atoms with E-state index in [-0.39, 0.29) is 10.7 Å². The monoisotopic (exact) mass is 334 g/mol. The maximum atomic E-state index is 12.4. The Morgan fingerprint density at radius 1 is 1.26 bits per heavy atom. The highest BCUT2D eigenvalue weighted by Crippen LogP contribution is 2.33. The van der Waals surface area contributed by atoms with Crippen molar-refractivity contribution in [3.8, 4) is 0 Å². The lowest BCUT2D eigenvalue weighted by molar-refractivity contribution is -0.139. The van der Waals surface area contributed by atoms with Gasteiger partial charge in [0.15, 0.2) is 0 Å². The molecule has 0 atom stereocenters. The molecule has 1 aromatic heterocycles. The van der Waals surface area contributed by atoms with Crippen LogP contribution in [0.15, 0.2) is 12.4 Å². The molecule has 0 unspecified atom stereocenters. The van der Waals surface area contributed by atoms with E-state index in [1.165, 1.54) is 6.42 Å². The largest absolute Gasteiger partial charge is 0.367 e. The van der Waals surface area contributed by atoms with Crippen LogP contribution in [0.1, 0.15) is 51.6 Å². The topological polar surface area (TPSA) is 58.1 Å². The summed E-state index contributed by atoms with van der Waals surface area (Å²) < 4.78 is -0.286. The molecule has 0 aromatic carbocycles. The van der Waals surface area contributed by atoms with Crippen LogP contribution in [0.25, 0.3) is 0 Å². The van der Waals surface area contributed by atoms with E-state index in [1.807, 2.05) is 19.9 Å². The van der Waals surface area contributed by atoms with Crippen molar-refractivity contribution >= 4 is 24.4 Å². The van der Waals surface area contributed by atoms with Gasteiger partial charge in [0.25, 0.3) is 0 Å². The van der Waals surface area contributed by atoms with Gasteiger partial charge in [-0.1, -0.05) is 0 Å². The SMILES string of the molecule is CC(C)(S)c1cc(N[C@H]2C[C@@H](C(=O)N3CCCCC3)C2)ncn1. The lowest BCUT2D eigenvalue weighted by Gasteiger charge is -2.39. The fraction of sp³-hybridized carbons (Fsp3) is 0.706. The number of piperidine rings is 1. The second-order valence-electron chi connectivity index (χ2n) is 7.24. The molecular weight excluding hydrogens is 308 g/mol. The Hall–Kier alpha value is -1.30. The van der Waals surface area contributed by atoms with Crippen LogP contribution < -0.4 is 5.32 Å². The minimum absolute atomic E-state index is 0.188. The standard InChI is InChI=1S/C17H26N4OS/c1-17(2,23)14-10-15(19-11-18-14)20-13-8-12(9-13)16(22)21-6-4-3-5-7-21/h10-13,23H,3-9H2,1-2H3,(H,18,19,20)/t12-,13+. The van der Waals surface area contributed by atoms with Crippen molar-refractivity contribution in [2.45, 2.75) is 56.7 Å². The maximum absolute atomic E-state index is 12.4. The van der Waals surface area contributed by atoms with Crippen molar-refractivity contribution in [3.05, 3.63) is 18.1 Å². The number of carbonyl (C=O) groups excluding carboxylic acids is 1. The van der Waals surface area contributed by atoms with Crippen LogP contribution >= 0.6 is 12.6 Å². The Kier molecular flexibility index (Phi) is 4.80. The highest BCUT2D eigenvalue weighted by atomic mass is 32.1. The predicted octanol–water partition coefficient (Wildman–Crippen LogP) is 2.84. The lowest BCUT2D eigenvalue weighted by atomic mass is 9.79. The molecule has 1 saturated heterocycles. The zero-order valence-electron chi connectivity index (χ0n) is 14.0. The molecule has 126 valence electrons. The van der Waals surface area contributed by atoms with Gasteiger partial charge in [0.2, 0.25) is 5.91 Å². The third-order valence-electron chi connectivity index (χ3n) is 4.80. The molecule has 1 aliphatic heterocycles. The number of likely N-dealkylation sites (tertiary alicyclic amines) is 1. The first-order valence-electron chi connectivity index (χ1n) is 8.54. The van der Waals surface area contributed by atoms with Gasteiger partial charge in [0.1, 0.15) is 12.1 Å². The second kappa shape index (κ2) is 6.67. The molecule has 0 spiro atoms. The van der Waals surface area contributed by atoms with Crippen LogP contribution in [0.3, 0.4) is 0 Å². The number of nitrogens with one attached hydrogen (secondary N) is 1. The molecule has 6 heteroatoms. The molecule has 1 aliphatic carbocycles. The lowest BCUT2D eigenvalue weighted by Crippen LogP contribution is -2.47. The highest BCUT2D eigenvalue weighted by molar-refractivity contribution is 7.81. The van der Waals surface area contributed by atoms with Crippen molar-refractivity contribution in [1.82, 2.24) is 14.9 Å². The van der Waals surface area contributed by atoms with E-state index < -0.39 is 0 Å². The minimum Gasteiger partial charge on any atom is -0.367 e. The molecule has 2 heterocycles. The van der Waals surface area contributed by atoms with Gasteiger partial charge in [-0.2, -0.15) is 12.6 Å². The van der Waals surface area contributed by atoms with Gasteiger partial charge in [0, 0.05) is 35.9 Å². The van der Waals surface area contributed by atoms with Crippen molar-refractivity contribution in [2.75, 3.05) is 18.4 Å². The fourth-order valence-electron chi connectivity index (χ4n) is 3.29. The molecule has 1 N–H and O–H groups in total. The Morgan fingerprint density at radius 2 is 1.96 bits per heavy atom. The third kappa shape index (κ3) is 3.97. The van der Waals surface area contributed by atoms with Gasteiger partial charge >= 0.3 is 0 Å². The molecule has 0 radical (unpaired) electrons. The number of rotatable bonds is 4. The summed E-state index contributed by atoms with van der Waals surface area (Å²) in [6, 6.07) is 2.28. The minimum atomic E-state index is -0.286. The van der Waals surface area contributed by atoms with E-state index in [9.17, 15) is 4.79 Å². The Labute approximate surface area is 143 Å². The molecule has 23 heavy (non-hydrogen) atoms. The van der Waals surface area contributed by atoms with E-state index in [0.717, 1.165) is 50.3 Å². The summed E-state index contributed by atoms with van der Waals surface area (Å²) in [5.41, 5.74) is 0.901. The van der Waals surface area contributed by atoms with Crippen LogP contribution in [-0.2, 0) is 9.54 Å². The summed E-state index contributed by atoms with van der Waals surface area (Å²) >= 11 is 4.55. The zero-order valence-corrected chi connectivity index (χ0v) is 14.9. The number of aromatic nitrogens is 2. The molecule has 1 aromatic rings. The smallest absolute Gasteiger partial charge is 0.225 e. The molecule has 2 aliphatic rings. The van der Waals surface area contributed by atoms with E-state index in [4.69, 9.17) is 0 Å². The maximum Gasteiger partial charge on any atom is 0.225 e. The summed E-state index contributed by atoms with van der Waals surface area (Å²) in [7, 11) is 0. The van der Waals surface area contributed by atoms with Gasteiger partial charge in [-0.05, 0) is 46.0 Å². The number of nitrogens with zero attached hydrogens (tertiary/aromatic N) is 3. The van der Waals surface area contributed by atoms with Crippen molar-refractivity contribution < 1.29 is 4.79 Å². The molecule has 1 saturated carbocycles. The summed E-state index contributed by atoms with van der Waals surface area (Å²) in [6.45, 7) is 5.91. The summed E-state index contributed by atoms with van der Waals surface area (Å²) in [5.74, 6) is 1.36. The van der Waals surface area contributed by atoms with E-state index in [0.29, 0.717) is 11.9 Å². The fourth-order valence-corrected chi connectivity index (χ4v) is 3.41. The molecule has 0 bridgehead atoms. The molecule has 1 amide bonds. The Balaban J connectivity index is 1.51. The van der Waals surface area contributed by atoms with Crippen molar-refractivity contribution in [2.24, 2.45) is 5.92 Å². The first-order valence-corrected chi connectivity index (χ1v) is 8.98. The van der Waals surface area contributed by atoms with Gasteiger partial charge < -0.3 is 10.2 Å². The van der Waals surface area contributed by atoms with E-state index in [2.05, 4.69) is 32.8 Å². The van der Waals surface area contributed by atoms with Crippen LogP contribution in [-0.4, -0.2) is 39.9 Å². The first kappa shape index (κ1) is 16.6. The highest BCUT2D eigenvalue weighted by Gasteiger charge is 2.37. The summed E-state index contributed by atoms with van der Waals surface area (Å²) in [6.07, 6.45) is 6.95. The van der Waals surface area contributed by atoms with Gasteiger partial charge in [-0.15, -0.1) is 0 Å². The van der Waals surface area contributed by atoms with E-state index in [1.54, 1.807) is 6.33 Å². The van der Waals surface area contributed by atoms with Crippen LogP contribution in [0.2, 0.25) is 0 Å². The van der Waals surface area contributed by atoms with Gasteiger partial charge in [0.05, 0.1) is 5.69 Å². The van der Waals surface area contributed by atoms with E-state index >= 15 is 0 Å². The summed E-state index contributed by atoms with van der Waals surface area (Å²) in [5, 5.41) is 3.42. The number of anilines is 1. The molecule has 5 nitrogen and oxygen atoms in total. The van der Waals surface area contributed by atoms with Crippen molar-refractivity contribution in [3.63, 3.8) is 0 Å². The average Bonchev–Trinajstić information content (AvgIpc) is 2.50. The Bertz CT molecular complexity index is 560. The molecular formula is C17H26N4OS. The van der Waals surface area contributed by atoms with Crippen LogP contribution in [0.4, 0.5) is 5.82 Å². The number of thiol groups is 1. The number of carbonyl (C=O) groups is 1. The number of amides is 1. The third-order valence-corrected chi connectivity index (χ3v) is 5.03. The van der Waals surface area contributed by atoms with Crippen LogP contribution in [0, 0.1) is 5.92 Å². The van der Waals surface area contributed by atoms with Gasteiger partial charge in [-0.25, -0.2) is 9.97 Å². The summed E-state index contributed by atoms with van der Waals surface area (Å²) in [4.78, 5) is 23.0. The Morgan fingerprint density at radius 3 is 2.61 bits per heavy atom. The number of hydrogen-bond acceptors (Lipinski definition) is 5. The zero-order chi connectivity index (χ0) is 16.4. The average molecular weight is 334 g/mol.